The van der Waals surface area contributed by atoms with Crippen LogP contribution in [0.5, 0.6) is 0 Å². The molecular formula is C11H27OSSi2. The molecule has 1 nitrogen and oxygen atoms in total. The quantitative estimate of drug-likeness (QED) is 0.707. The second-order valence-corrected chi connectivity index (χ2v) is 18.0. The highest BCUT2D eigenvalue weighted by Gasteiger charge is 2.36. The highest BCUT2D eigenvalue weighted by Crippen LogP contribution is 2.44. The second-order valence-electron chi connectivity index (χ2n) is 6.50. The first kappa shape index (κ1) is 15.7. The van der Waals surface area contributed by atoms with Crippen LogP contribution in [0.2, 0.25) is 13.1 Å². The van der Waals surface area contributed by atoms with Crippen molar-refractivity contribution < 1.29 is 4.43 Å². The molecule has 4 heteroatoms. The minimum Gasteiger partial charge on any atom is -0.416 e. The molecule has 0 rings (SSSR count). The lowest BCUT2D eigenvalue weighted by Gasteiger charge is -2.43. The predicted molar refractivity (Wildman–Crippen MR) is 77.5 cm³/mol. The van der Waals surface area contributed by atoms with E-state index in [1.807, 2.05) is 0 Å². The maximum atomic E-state index is 6.21. The topological polar surface area (TPSA) is 9.23 Å². The Hall–Kier alpha value is 0.744. The molecule has 0 aliphatic carbocycles. The van der Waals surface area contributed by atoms with Crippen LogP contribution in [0.15, 0.2) is 0 Å². The van der Waals surface area contributed by atoms with Gasteiger partial charge in [0.1, 0.15) is 0 Å². The Labute approximate surface area is 102 Å². The Morgan fingerprint density at radius 3 is 1.93 bits per heavy atom. The van der Waals surface area contributed by atoms with Crippen molar-refractivity contribution in [3.8, 4) is 0 Å². The van der Waals surface area contributed by atoms with Crippen LogP contribution in [0.1, 0.15) is 27.7 Å². The summed E-state index contributed by atoms with van der Waals surface area (Å²) in [4.78, 5) is 0.670. The van der Waals surface area contributed by atoms with E-state index in [4.69, 9.17) is 4.43 Å². The Balaban J connectivity index is 4.43. The van der Waals surface area contributed by atoms with Gasteiger partial charge in [0.25, 0.3) is 0 Å². The van der Waals surface area contributed by atoms with Gasteiger partial charge >= 0.3 is 0 Å². The second kappa shape index (κ2) is 4.94. The fourth-order valence-corrected chi connectivity index (χ4v) is 10.7. The molecule has 15 heavy (non-hydrogen) atoms. The molecule has 0 aromatic carbocycles. The van der Waals surface area contributed by atoms with Gasteiger partial charge in [0.05, 0.1) is 9.39 Å². The summed E-state index contributed by atoms with van der Waals surface area (Å²) >= 11 is 0. The van der Waals surface area contributed by atoms with Gasteiger partial charge in [-0.3, -0.25) is 9.48 Å². The third-order valence-electron chi connectivity index (χ3n) is 2.74. The van der Waals surface area contributed by atoms with E-state index >= 15 is 0 Å². The maximum absolute atomic E-state index is 6.21. The third-order valence-corrected chi connectivity index (χ3v) is 12.6. The van der Waals surface area contributed by atoms with E-state index < -0.39 is 17.8 Å². The Bertz CT molecular complexity index is 204. The Morgan fingerprint density at radius 2 is 1.67 bits per heavy atom. The Kier molecular flexibility index (Phi) is 5.18. The van der Waals surface area contributed by atoms with Crippen LogP contribution in [-0.4, -0.2) is 41.7 Å². The van der Waals surface area contributed by atoms with Crippen LogP contribution in [0.25, 0.3) is 0 Å². The van der Waals surface area contributed by atoms with Gasteiger partial charge in [0.15, 0.2) is 8.32 Å². The van der Waals surface area contributed by atoms with Crippen molar-refractivity contribution >= 4 is 27.2 Å². The van der Waals surface area contributed by atoms with Crippen LogP contribution < -0.4 is 0 Å². The molecule has 0 N–H and O–H groups in total. The first-order chi connectivity index (χ1) is 6.36. The summed E-state index contributed by atoms with van der Waals surface area (Å²) in [6.07, 6.45) is 4.62. The minimum absolute atomic E-state index is 0.273. The van der Waals surface area contributed by atoms with Crippen molar-refractivity contribution in [3.63, 3.8) is 0 Å². The summed E-state index contributed by atoms with van der Waals surface area (Å²) < 4.78 is 6.21. The van der Waals surface area contributed by atoms with Crippen LogP contribution in [0.4, 0.5) is 0 Å². The average Bonchev–Trinajstić information content (AvgIpc) is 1.97. The molecule has 0 aromatic rings. The van der Waals surface area contributed by atoms with E-state index in [0.717, 1.165) is 6.61 Å². The molecule has 0 aliphatic heterocycles. The number of hydrogen-bond acceptors (Lipinski definition) is 1. The first-order valence-corrected chi connectivity index (χ1v) is 12.2. The zero-order valence-electron chi connectivity index (χ0n) is 11.6. The van der Waals surface area contributed by atoms with Gasteiger partial charge < -0.3 is 4.43 Å². The molecule has 0 fully saturated rings. The van der Waals surface area contributed by atoms with E-state index in [1.54, 1.807) is 0 Å². The van der Waals surface area contributed by atoms with E-state index in [9.17, 15) is 0 Å². The SMILES string of the molecule is CC([Si](C)(C)OCC(C)(C)C)S(C)(C)[Si]. The van der Waals surface area contributed by atoms with Gasteiger partial charge in [-0.15, -0.1) is 0 Å². The number of rotatable bonds is 4. The lowest BCUT2D eigenvalue weighted by atomic mass is 9.99. The van der Waals surface area contributed by atoms with E-state index in [2.05, 4.69) is 62.7 Å². The molecule has 0 amide bonds. The predicted octanol–water partition coefficient (Wildman–Crippen LogP) is 3.33. The lowest BCUT2D eigenvalue weighted by molar-refractivity contribution is 0.189. The molecule has 1 unspecified atom stereocenters. The van der Waals surface area contributed by atoms with Crippen LogP contribution in [0.3, 0.4) is 0 Å². The monoisotopic (exact) mass is 263 g/mol. The van der Waals surface area contributed by atoms with Gasteiger partial charge in [-0.05, 0) is 35.9 Å². The largest absolute Gasteiger partial charge is 0.416 e. The van der Waals surface area contributed by atoms with Crippen LogP contribution in [-0.2, 0) is 4.43 Å². The first-order valence-electron chi connectivity index (χ1n) is 5.47. The summed E-state index contributed by atoms with van der Waals surface area (Å²) in [7, 11) is 1.64. The van der Waals surface area contributed by atoms with Gasteiger partial charge in [0, 0.05) is 6.61 Å². The fourth-order valence-electron chi connectivity index (χ4n) is 1.23. The van der Waals surface area contributed by atoms with Crippen molar-refractivity contribution in [2.45, 2.75) is 45.7 Å². The van der Waals surface area contributed by atoms with Gasteiger partial charge in [-0.25, -0.2) is 0 Å². The highest BCUT2D eigenvalue weighted by molar-refractivity contribution is 8.50. The molecule has 0 heterocycles. The fraction of sp³-hybridized carbons (Fsp3) is 1.00. The van der Waals surface area contributed by atoms with E-state index in [1.165, 1.54) is 0 Å². The lowest BCUT2D eigenvalue weighted by Crippen LogP contribution is -2.47. The molecule has 1 atom stereocenters. The van der Waals surface area contributed by atoms with Crippen LogP contribution in [0, 0.1) is 5.41 Å². The zero-order valence-corrected chi connectivity index (χ0v) is 14.4. The summed E-state index contributed by atoms with van der Waals surface area (Å²) in [6.45, 7) is 14.6. The van der Waals surface area contributed by atoms with Crippen molar-refractivity contribution in [1.29, 1.82) is 0 Å². The normalized spacial score (nSPS) is 17.7. The van der Waals surface area contributed by atoms with Gasteiger partial charge in [-0.2, -0.15) is 0 Å². The van der Waals surface area contributed by atoms with Crippen molar-refractivity contribution in [3.05, 3.63) is 0 Å². The van der Waals surface area contributed by atoms with Crippen molar-refractivity contribution in [2.75, 3.05) is 19.1 Å². The average molecular weight is 264 g/mol. The molecule has 91 valence electrons. The zero-order chi connectivity index (χ0) is 12.5. The van der Waals surface area contributed by atoms with Crippen molar-refractivity contribution in [1.82, 2.24) is 0 Å². The summed E-state index contributed by atoms with van der Waals surface area (Å²) in [5.74, 6) is 0. The maximum Gasteiger partial charge on any atom is 0.197 e. The van der Waals surface area contributed by atoms with Gasteiger partial charge in [0.2, 0.25) is 0 Å². The Morgan fingerprint density at radius 1 is 1.27 bits per heavy atom. The molecule has 0 saturated heterocycles. The van der Waals surface area contributed by atoms with E-state index in [-0.39, 0.29) is 5.41 Å². The molecule has 0 spiro atoms. The molecule has 0 aliphatic rings. The molecule has 0 saturated carbocycles. The highest BCUT2D eigenvalue weighted by atomic mass is 32.4. The molecule has 3 radical (unpaired) electrons. The van der Waals surface area contributed by atoms with E-state index in [0.29, 0.717) is 4.87 Å². The summed E-state index contributed by atoms with van der Waals surface area (Å²) in [5, 5.41) is 0. The molecule has 0 bridgehead atoms. The standard InChI is InChI=1S/C11H27OSSi2/c1-10(13(5,6)14)15(7,8)12-9-11(2,3)4/h10H,9H2,1-8H3. The summed E-state index contributed by atoms with van der Waals surface area (Å²) in [5.41, 5.74) is 0.273. The summed E-state index contributed by atoms with van der Waals surface area (Å²) in [6, 6.07) is 0. The third kappa shape index (κ3) is 6.14. The minimum atomic E-state index is -1.56. The van der Waals surface area contributed by atoms with Crippen LogP contribution >= 0.6 is 9.48 Å². The number of hydrogen-bond donors (Lipinski definition) is 0. The smallest absolute Gasteiger partial charge is 0.197 e. The van der Waals surface area contributed by atoms with Crippen molar-refractivity contribution in [2.24, 2.45) is 5.41 Å². The van der Waals surface area contributed by atoms with Gasteiger partial charge in [-0.1, -0.05) is 27.7 Å². The molecular weight excluding hydrogens is 236 g/mol. The molecule has 0 aromatic heterocycles.